The molecule has 1 saturated heterocycles. The maximum Gasteiger partial charge on any atom is 0.351 e. The van der Waals surface area contributed by atoms with Crippen LogP contribution >= 0.6 is 11.8 Å². The van der Waals surface area contributed by atoms with Gasteiger partial charge in [0.15, 0.2) is 5.57 Å². The van der Waals surface area contributed by atoms with Gasteiger partial charge >= 0.3 is 11.9 Å². The first-order valence-corrected chi connectivity index (χ1v) is 6.51. The first-order valence-electron chi connectivity index (χ1n) is 5.28. The van der Waals surface area contributed by atoms with Gasteiger partial charge in [-0.15, -0.1) is 11.8 Å². The first-order chi connectivity index (χ1) is 7.76. The number of nitrogens with one attached hydrogen (secondary N) is 1. The highest BCUT2D eigenvalue weighted by Crippen LogP contribution is 2.27. The van der Waals surface area contributed by atoms with Crippen LogP contribution in [0.4, 0.5) is 0 Å². The monoisotopic (exact) mass is 259 g/mol. The minimum atomic E-state index is -1.20. The standard InChI is InChI=1S/C11H17NO4S/c1-6(2)12-8(17-5)7-9(13)15-11(3,4)16-10(7)14/h6,12H,1-5H3. The molecule has 1 N–H and O–H groups in total. The van der Waals surface area contributed by atoms with Crippen molar-refractivity contribution in [1.82, 2.24) is 5.32 Å². The van der Waals surface area contributed by atoms with E-state index >= 15 is 0 Å². The van der Waals surface area contributed by atoms with Crippen LogP contribution in [0, 0.1) is 0 Å². The van der Waals surface area contributed by atoms with Crippen molar-refractivity contribution in [3.05, 3.63) is 10.6 Å². The van der Waals surface area contributed by atoms with Gasteiger partial charge in [-0.3, -0.25) is 0 Å². The summed E-state index contributed by atoms with van der Waals surface area (Å²) < 4.78 is 10.1. The molecule has 1 heterocycles. The summed E-state index contributed by atoms with van der Waals surface area (Å²) in [6, 6.07) is 0.112. The summed E-state index contributed by atoms with van der Waals surface area (Å²) in [6.45, 7) is 6.88. The molecule has 0 aromatic heterocycles. The van der Waals surface area contributed by atoms with Gasteiger partial charge in [0.25, 0.3) is 5.79 Å². The molecule has 0 saturated carbocycles. The van der Waals surface area contributed by atoms with E-state index in [1.165, 1.54) is 25.6 Å². The fourth-order valence-corrected chi connectivity index (χ4v) is 2.06. The van der Waals surface area contributed by atoms with E-state index in [4.69, 9.17) is 9.47 Å². The number of thioether (sulfide) groups is 1. The van der Waals surface area contributed by atoms with E-state index in [-0.39, 0.29) is 11.6 Å². The molecule has 5 nitrogen and oxygen atoms in total. The van der Waals surface area contributed by atoms with E-state index in [0.29, 0.717) is 5.03 Å². The number of ether oxygens (including phenoxy) is 2. The van der Waals surface area contributed by atoms with Gasteiger partial charge in [-0.2, -0.15) is 0 Å². The van der Waals surface area contributed by atoms with E-state index < -0.39 is 17.7 Å². The molecule has 6 heteroatoms. The van der Waals surface area contributed by atoms with E-state index in [9.17, 15) is 9.59 Å². The van der Waals surface area contributed by atoms with Gasteiger partial charge in [0.05, 0.1) is 5.03 Å². The molecule has 1 rings (SSSR count). The molecule has 0 radical (unpaired) electrons. The molecule has 0 bridgehead atoms. The maximum atomic E-state index is 11.8. The van der Waals surface area contributed by atoms with Crippen molar-refractivity contribution in [3.63, 3.8) is 0 Å². The molecule has 17 heavy (non-hydrogen) atoms. The first kappa shape index (κ1) is 13.9. The Bertz CT molecular complexity index is 352. The highest BCUT2D eigenvalue weighted by molar-refractivity contribution is 8.02. The third-order valence-corrected chi connectivity index (χ3v) is 2.67. The molecule has 1 fully saturated rings. The summed E-state index contributed by atoms with van der Waals surface area (Å²) in [5, 5.41) is 3.51. The van der Waals surface area contributed by atoms with E-state index in [1.807, 2.05) is 13.8 Å². The highest BCUT2D eigenvalue weighted by atomic mass is 32.2. The van der Waals surface area contributed by atoms with Gasteiger partial charge in [-0.1, -0.05) is 0 Å². The number of hydrogen-bond acceptors (Lipinski definition) is 6. The molecular weight excluding hydrogens is 242 g/mol. The lowest BCUT2D eigenvalue weighted by atomic mass is 10.2. The third-order valence-electron chi connectivity index (χ3n) is 1.94. The lowest BCUT2D eigenvalue weighted by molar-refractivity contribution is -0.222. The van der Waals surface area contributed by atoms with Crippen molar-refractivity contribution in [2.45, 2.75) is 39.5 Å². The minimum Gasteiger partial charge on any atom is -0.419 e. The number of carbonyl (C=O) groups excluding carboxylic acids is 2. The Kier molecular flexibility index (Phi) is 4.08. The van der Waals surface area contributed by atoms with Crippen LogP contribution in [0.1, 0.15) is 27.7 Å². The lowest BCUT2D eigenvalue weighted by Gasteiger charge is -2.30. The highest BCUT2D eigenvalue weighted by Gasteiger charge is 2.41. The molecule has 0 aromatic rings. The Hall–Kier alpha value is -1.17. The van der Waals surface area contributed by atoms with Gasteiger partial charge in [0.1, 0.15) is 0 Å². The summed E-state index contributed by atoms with van der Waals surface area (Å²) >= 11 is 1.28. The molecule has 0 aromatic carbocycles. The quantitative estimate of drug-likeness (QED) is 0.469. The van der Waals surface area contributed by atoms with Crippen molar-refractivity contribution >= 4 is 23.7 Å². The van der Waals surface area contributed by atoms with E-state index in [1.54, 1.807) is 6.26 Å². The molecule has 0 aliphatic carbocycles. The predicted octanol–water partition coefficient (Wildman–Crippen LogP) is 1.40. The average Bonchev–Trinajstić information content (AvgIpc) is 2.12. The Morgan fingerprint density at radius 2 is 1.71 bits per heavy atom. The van der Waals surface area contributed by atoms with Crippen LogP contribution in [0.2, 0.25) is 0 Å². The number of carbonyl (C=O) groups is 2. The smallest absolute Gasteiger partial charge is 0.351 e. The van der Waals surface area contributed by atoms with Gasteiger partial charge in [-0.25, -0.2) is 9.59 Å². The molecule has 0 spiro atoms. The fourth-order valence-electron chi connectivity index (χ4n) is 1.33. The lowest BCUT2D eigenvalue weighted by Crippen LogP contribution is -2.43. The zero-order valence-corrected chi connectivity index (χ0v) is 11.4. The molecule has 1 aliphatic rings. The van der Waals surface area contributed by atoms with Crippen molar-refractivity contribution in [3.8, 4) is 0 Å². The Morgan fingerprint density at radius 1 is 1.24 bits per heavy atom. The number of rotatable bonds is 3. The molecule has 0 amide bonds. The zero-order chi connectivity index (χ0) is 13.2. The van der Waals surface area contributed by atoms with Crippen LogP contribution in [-0.4, -0.2) is 30.0 Å². The minimum absolute atomic E-state index is 0.0643. The molecule has 0 atom stereocenters. The van der Waals surface area contributed by atoms with Crippen molar-refractivity contribution in [2.24, 2.45) is 0 Å². The summed E-state index contributed by atoms with van der Waals surface area (Å²) in [5.74, 6) is -2.49. The molecule has 0 unspecified atom stereocenters. The van der Waals surface area contributed by atoms with Gasteiger partial charge in [-0.05, 0) is 20.1 Å². The summed E-state index contributed by atoms with van der Waals surface area (Å²) in [7, 11) is 0. The molecule has 1 aliphatic heterocycles. The zero-order valence-electron chi connectivity index (χ0n) is 10.6. The van der Waals surface area contributed by atoms with Gasteiger partial charge in [0, 0.05) is 19.9 Å². The normalized spacial score (nSPS) is 18.8. The van der Waals surface area contributed by atoms with Crippen molar-refractivity contribution in [1.29, 1.82) is 0 Å². The maximum absolute atomic E-state index is 11.8. The van der Waals surface area contributed by atoms with Crippen LogP contribution in [-0.2, 0) is 19.1 Å². The Labute approximate surface area is 105 Å². The van der Waals surface area contributed by atoms with Crippen LogP contribution in [0.15, 0.2) is 10.6 Å². The second-order valence-electron chi connectivity index (χ2n) is 4.39. The average molecular weight is 259 g/mol. The number of cyclic esters (lactones) is 2. The van der Waals surface area contributed by atoms with Crippen LogP contribution in [0.25, 0.3) is 0 Å². The van der Waals surface area contributed by atoms with Gasteiger partial charge < -0.3 is 14.8 Å². The van der Waals surface area contributed by atoms with Crippen molar-refractivity contribution in [2.75, 3.05) is 6.26 Å². The summed E-state index contributed by atoms with van der Waals surface area (Å²) in [4.78, 5) is 23.5. The third kappa shape index (κ3) is 3.39. The molecule has 96 valence electrons. The largest absolute Gasteiger partial charge is 0.419 e. The van der Waals surface area contributed by atoms with Crippen molar-refractivity contribution < 1.29 is 19.1 Å². The van der Waals surface area contributed by atoms with Crippen LogP contribution in [0.3, 0.4) is 0 Å². The SMILES string of the molecule is CSC(NC(C)C)=C1C(=O)OC(C)(C)OC1=O. The Morgan fingerprint density at radius 3 is 2.06 bits per heavy atom. The van der Waals surface area contributed by atoms with E-state index in [2.05, 4.69) is 5.32 Å². The predicted molar refractivity (Wildman–Crippen MR) is 65.1 cm³/mol. The number of hydrogen-bond donors (Lipinski definition) is 1. The summed E-state index contributed by atoms with van der Waals surface area (Å²) in [5.41, 5.74) is -0.0643. The van der Waals surface area contributed by atoms with Gasteiger partial charge in [0.2, 0.25) is 0 Å². The second-order valence-corrected chi connectivity index (χ2v) is 5.20. The van der Waals surface area contributed by atoms with Crippen LogP contribution in [0.5, 0.6) is 0 Å². The second kappa shape index (κ2) is 5.00. The van der Waals surface area contributed by atoms with E-state index in [0.717, 1.165) is 0 Å². The van der Waals surface area contributed by atoms with Crippen LogP contribution < -0.4 is 5.32 Å². The Balaban J connectivity index is 3.07. The topological polar surface area (TPSA) is 64.6 Å². The fraction of sp³-hybridized carbons (Fsp3) is 0.636. The summed E-state index contributed by atoms with van der Waals surface area (Å²) in [6.07, 6.45) is 1.78. The molecular formula is C11H17NO4S. The number of esters is 2.